The first-order valence-corrected chi connectivity index (χ1v) is 4.03. The predicted octanol–water partition coefficient (Wildman–Crippen LogP) is -4.05. The Morgan fingerprint density at radius 2 is 1.27 bits per heavy atom. The molecule has 0 unspecified atom stereocenters. The Kier molecular flexibility index (Phi) is 35.4. The van der Waals surface area contributed by atoms with Gasteiger partial charge in [-0.3, -0.25) is 0 Å². The summed E-state index contributed by atoms with van der Waals surface area (Å²) in [6.45, 7) is 7.38. The summed E-state index contributed by atoms with van der Waals surface area (Å²) >= 11 is 0. The van der Waals surface area contributed by atoms with Crippen LogP contribution in [0.4, 0.5) is 0 Å². The lowest BCUT2D eigenvalue weighted by Crippen LogP contribution is -2.40. The van der Waals surface area contributed by atoms with Crippen molar-refractivity contribution in [3.8, 4) is 0 Å². The second-order valence-corrected chi connectivity index (χ2v) is 1.59. The summed E-state index contributed by atoms with van der Waals surface area (Å²) < 4.78 is 0. The minimum atomic E-state index is -1.23. The van der Waals surface area contributed by atoms with Gasteiger partial charge in [-0.2, -0.15) is 0 Å². The first kappa shape index (κ1) is 23.3. The second-order valence-electron chi connectivity index (χ2n) is 1.59. The summed E-state index contributed by atoms with van der Waals surface area (Å²) in [5.74, 6) is -2.42. The first-order valence-electron chi connectivity index (χ1n) is 4.03. The Morgan fingerprint density at radius 1 is 1.13 bits per heavy atom. The highest BCUT2D eigenvalue weighted by atomic mass is 16.4. The molecule has 0 bridgehead atoms. The fourth-order valence-corrected chi connectivity index (χ4v) is 0. The maximum Gasteiger partial charge on any atom is 0.0666 e. The smallest absolute Gasteiger partial charge is 0.0666 e. The lowest BCUT2D eigenvalue weighted by molar-refractivity contribution is -0.325. The van der Waals surface area contributed by atoms with Crippen LogP contribution in [0.3, 0.4) is 0 Å². The van der Waals surface area contributed by atoms with Crippen LogP contribution >= 0.6 is 0 Å². The highest BCUT2D eigenvalue weighted by Crippen LogP contribution is 1.77. The number of rotatable bonds is 2. The quantitative estimate of drug-likeness (QED) is 0.458. The number of carbonyl (C=O) groups is 2. The molecule has 6 nitrogen and oxygen atoms in total. The molecule has 0 radical (unpaired) electrons. The lowest BCUT2D eigenvalue weighted by atomic mass is 10.4. The molecule has 0 aromatic carbocycles. The number of carboxylic acid groups (broad SMARTS) is 2. The van der Waals surface area contributed by atoms with Gasteiger partial charge in [-0.1, -0.05) is 13.2 Å². The van der Waals surface area contributed by atoms with Gasteiger partial charge in [-0.05, 0) is 18.6 Å². The number of quaternary nitrogens is 2. The Morgan fingerprint density at radius 3 is 1.27 bits per heavy atom. The molecule has 90 valence electrons. The van der Waals surface area contributed by atoms with E-state index in [0.717, 1.165) is 6.08 Å². The lowest BCUT2D eigenvalue weighted by Gasteiger charge is -1.93. The van der Waals surface area contributed by atoms with E-state index in [-0.39, 0.29) is 5.57 Å². The van der Waals surface area contributed by atoms with Gasteiger partial charge in [0.1, 0.15) is 0 Å². The Balaban J connectivity index is -0.0000000610. The van der Waals surface area contributed by atoms with Crippen LogP contribution in [0, 0.1) is 0 Å². The number of carbonyl (C=O) groups excluding carboxylic acids is 2. The van der Waals surface area contributed by atoms with Crippen LogP contribution in [-0.2, 0) is 9.59 Å². The third-order valence-electron chi connectivity index (χ3n) is 0.515. The van der Waals surface area contributed by atoms with Gasteiger partial charge >= 0.3 is 0 Å². The molecule has 0 rings (SSSR count). The minimum absolute atomic E-state index is 0.0648. The standard InChI is InChI=1S/C4H6O2.C3H4O2.2CH5N/c1-3(2)4(5)6;1-2-3(4)5;2*1-2/h1H2,2H3,(H,5,6);2H,1H2,(H,4,5);2*2H2,1H3. The highest BCUT2D eigenvalue weighted by molar-refractivity contribution is 5.82. The van der Waals surface area contributed by atoms with E-state index in [0.29, 0.717) is 0 Å². The summed E-state index contributed by atoms with van der Waals surface area (Å²) in [6.07, 6.45) is 0.722. The topological polar surface area (TPSA) is 136 Å². The third kappa shape index (κ3) is 70.0. The van der Waals surface area contributed by atoms with Crippen LogP contribution in [0.25, 0.3) is 0 Å². The van der Waals surface area contributed by atoms with E-state index in [9.17, 15) is 9.90 Å². The van der Waals surface area contributed by atoms with E-state index in [1.54, 1.807) is 14.1 Å². The summed E-state index contributed by atoms with van der Waals surface area (Å²) in [5.41, 5.74) is 6.56. The minimum Gasteiger partial charge on any atom is -0.545 e. The monoisotopic (exact) mass is 220 g/mol. The van der Waals surface area contributed by atoms with Gasteiger partial charge in [0.2, 0.25) is 0 Å². The molecule has 0 aromatic rings. The Labute approximate surface area is 89.9 Å². The average molecular weight is 220 g/mol. The molecule has 0 aliphatic carbocycles. The van der Waals surface area contributed by atoms with Crippen molar-refractivity contribution in [2.24, 2.45) is 0 Å². The summed E-state index contributed by atoms with van der Waals surface area (Å²) in [7, 11) is 3.50. The van der Waals surface area contributed by atoms with Crippen molar-refractivity contribution in [3.05, 3.63) is 24.8 Å². The van der Waals surface area contributed by atoms with Crippen molar-refractivity contribution < 1.29 is 31.3 Å². The van der Waals surface area contributed by atoms with Crippen LogP contribution < -0.4 is 21.7 Å². The van der Waals surface area contributed by atoms with Crippen molar-refractivity contribution in [1.82, 2.24) is 0 Å². The third-order valence-corrected chi connectivity index (χ3v) is 0.515. The summed E-state index contributed by atoms with van der Waals surface area (Å²) in [6, 6.07) is 0. The molecule has 0 aliphatic heterocycles. The van der Waals surface area contributed by atoms with Crippen molar-refractivity contribution in [1.29, 1.82) is 0 Å². The predicted molar refractivity (Wildman–Crippen MR) is 52.6 cm³/mol. The van der Waals surface area contributed by atoms with Gasteiger partial charge < -0.3 is 31.3 Å². The summed E-state index contributed by atoms with van der Waals surface area (Å²) in [5, 5.41) is 18.6. The molecular formula is C9H20N2O4. The Hall–Kier alpha value is -1.66. The van der Waals surface area contributed by atoms with Crippen molar-refractivity contribution >= 4 is 11.9 Å². The van der Waals surface area contributed by atoms with E-state index >= 15 is 0 Å². The molecule has 0 fully saturated rings. The van der Waals surface area contributed by atoms with Crippen molar-refractivity contribution in [3.63, 3.8) is 0 Å². The molecule has 0 spiro atoms. The first-order chi connectivity index (χ1) is 6.91. The maximum atomic E-state index is 9.49. The Bertz CT molecular complexity index is 179. The number of hydrogen-bond acceptors (Lipinski definition) is 4. The van der Waals surface area contributed by atoms with Gasteiger partial charge in [-0.25, -0.2) is 0 Å². The van der Waals surface area contributed by atoms with Crippen LogP contribution in [0.2, 0.25) is 0 Å². The molecular weight excluding hydrogens is 200 g/mol. The van der Waals surface area contributed by atoms with Gasteiger partial charge in [0.15, 0.2) is 0 Å². The number of carboxylic acids is 2. The second kappa shape index (κ2) is 22.8. The van der Waals surface area contributed by atoms with E-state index in [1.165, 1.54) is 6.92 Å². The molecule has 0 atom stereocenters. The molecule has 0 aliphatic rings. The zero-order chi connectivity index (χ0) is 13.4. The van der Waals surface area contributed by atoms with E-state index in [2.05, 4.69) is 24.6 Å². The average Bonchev–Trinajstić information content (AvgIpc) is 2.24. The van der Waals surface area contributed by atoms with Gasteiger partial charge in [0.05, 0.1) is 26.0 Å². The molecule has 0 heterocycles. The normalized spacial score (nSPS) is 5.93. The van der Waals surface area contributed by atoms with E-state index in [4.69, 9.17) is 9.90 Å². The number of aliphatic carboxylic acids is 2. The molecule has 6 heteroatoms. The van der Waals surface area contributed by atoms with Gasteiger partial charge in [0.25, 0.3) is 0 Å². The molecule has 0 saturated heterocycles. The van der Waals surface area contributed by atoms with Crippen LogP contribution in [-0.4, -0.2) is 26.0 Å². The van der Waals surface area contributed by atoms with Crippen LogP contribution in [0.15, 0.2) is 24.8 Å². The maximum absolute atomic E-state index is 9.49. The van der Waals surface area contributed by atoms with Crippen LogP contribution in [0.5, 0.6) is 0 Å². The highest BCUT2D eigenvalue weighted by Gasteiger charge is 1.76. The van der Waals surface area contributed by atoms with E-state index < -0.39 is 11.9 Å². The fourth-order valence-electron chi connectivity index (χ4n) is 0. The van der Waals surface area contributed by atoms with E-state index in [1.807, 2.05) is 0 Å². The largest absolute Gasteiger partial charge is 0.545 e. The van der Waals surface area contributed by atoms with Gasteiger partial charge in [0, 0.05) is 0 Å². The van der Waals surface area contributed by atoms with Crippen molar-refractivity contribution in [2.75, 3.05) is 14.1 Å². The van der Waals surface area contributed by atoms with Crippen LogP contribution in [0.1, 0.15) is 6.92 Å². The molecule has 0 saturated carbocycles. The zero-order valence-corrected chi connectivity index (χ0v) is 9.54. The molecule has 15 heavy (non-hydrogen) atoms. The van der Waals surface area contributed by atoms with Gasteiger partial charge in [-0.15, -0.1) is 0 Å². The van der Waals surface area contributed by atoms with Crippen molar-refractivity contribution in [2.45, 2.75) is 6.92 Å². The zero-order valence-electron chi connectivity index (χ0n) is 9.54. The fraction of sp³-hybridized carbons (Fsp3) is 0.333. The molecule has 0 amide bonds. The SMILES string of the molecule is C=C(C)C(=O)[O-].C=CC(=O)[O-].C[NH3+].C[NH3+]. The molecule has 0 aromatic heterocycles. The number of hydrogen-bond donors (Lipinski definition) is 2. The summed E-state index contributed by atoms with van der Waals surface area (Å²) in [4.78, 5) is 18.6. The molecule has 6 N–H and O–H groups in total.